The standard InChI is InChI=1S/C25H46N2O4/c1-3-5-7-9-10-11-12-13-14-16-20-31-24(29)21-22-25(30)26-18-19-27(22)23(28)17-15-8-6-4-2/h22H,3-21H2,1-2H3,(H,26,30). The number of esters is 1. The van der Waals surface area contributed by atoms with E-state index in [1.165, 1.54) is 51.4 Å². The van der Waals surface area contributed by atoms with Crippen LogP contribution < -0.4 is 5.32 Å². The molecule has 1 unspecified atom stereocenters. The minimum atomic E-state index is -0.729. The molecule has 6 nitrogen and oxygen atoms in total. The van der Waals surface area contributed by atoms with Crippen LogP contribution in [0.5, 0.6) is 0 Å². The van der Waals surface area contributed by atoms with Gasteiger partial charge in [0.05, 0.1) is 13.0 Å². The van der Waals surface area contributed by atoms with E-state index in [4.69, 9.17) is 4.74 Å². The molecule has 180 valence electrons. The number of carbonyl (C=O) groups is 3. The maximum Gasteiger partial charge on any atom is 0.308 e. The van der Waals surface area contributed by atoms with Gasteiger partial charge in [0.15, 0.2) is 0 Å². The van der Waals surface area contributed by atoms with Crippen molar-refractivity contribution in [1.29, 1.82) is 0 Å². The Morgan fingerprint density at radius 1 is 0.871 bits per heavy atom. The topological polar surface area (TPSA) is 75.7 Å². The van der Waals surface area contributed by atoms with Crippen molar-refractivity contribution in [2.24, 2.45) is 0 Å². The molecule has 1 aliphatic rings. The van der Waals surface area contributed by atoms with E-state index in [9.17, 15) is 14.4 Å². The highest BCUT2D eigenvalue weighted by Gasteiger charge is 2.34. The van der Waals surface area contributed by atoms with Gasteiger partial charge in [0.2, 0.25) is 11.8 Å². The van der Waals surface area contributed by atoms with E-state index in [1.54, 1.807) is 4.90 Å². The molecule has 6 heteroatoms. The molecule has 1 N–H and O–H groups in total. The van der Waals surface area contributed by atoms with Crippen molar-refractivity contribution in [1.82, 2.24) is 10.2 Å². The predicted molar refractivity (Wildman–Crippen MR) is 125 cm³/mol. The van der Waals surface area contributed by atoms with Gasteiger partial charge in [-0.1, -0.05) is 90.9 Å². The third-order valence-electron chi connectivity index (χ3n) is 6.02. The highest BCUT2D eigenvalue weighted by atomic mass is 16.5. The molecule has 0 saturated carbocycles. The Kier molecular flexibility index (Phi) is 16.0. The van der Waals surface area contributed by atoms with Crippen LogP contribution in [0.15, 0.2) is 0 Å². The van der Waals surface area contributed by atoms with Gasteiger partial charge in [0, 0.05) is 19.5 Å². The monoisotopic (exact) mass is 438 g/mol. The molecule has 2 amide bonds. The van der Waals surface area contributed by atoms with Gasteiger partial charge in [0.1, 0.15) is 6.04 Å². The molecule has 1 saturated heterocycles. The molecular formula is C25H46N2O4. The van der Waals surface area contributed by atoms with Gasteiger partial charge in [-0.25, -0.2) is 0 Å². The van der Waals surface area contributed by atoms with Crippen LogP contribution in [0.25, 0.3) is 0 Å². The van der Waals surface area contributed by atoms with Gasteiger partial charge in [-0.3, -0.25) is 14.4 Å². The maximum absolute atomic E-state index is 12.6. The van der Waals surface area contributed by atoms with Crippen molar-refractivity contribution in [3.63, 3.8) is 0 Å². The molecule has 0 spiro atoms. The lowest BCUT2D eigenvalue weighted by Gasteiger charge is -2.34. The number of nitrogens with zero attached hydrogens (tertiary/aromatic N) is 1. The summed E-state index contributed by atoms with van der Waals surface area (Å²) in [4.78, 5) is 38.6. The SMILES string of the molecule is CCCCCCCCCCCCOC(=O)CC1C(=O)NCCN1C(=O)CCCCCC. The second kappa shape index (κ2) is 18.0. The van der Waals surface area contributed by atoms with Crippen LogP contribution in [0, 0.1) is 0 Å². The first-order valence-corrected chi connectivity index (χ1v) is 12.8. The first kappa shape index (κ1) is 27.4. The lowest BCUT2D eigenvalue weighted by Crippen LogP contribution is -2.57. The van der Waals surface area contributed by atoms with Crippen LogP contribution in [0.4, 0.5) is 0 Å². The Bertz CT molecular complexity index is 510. The number of hydrogen-bond acceptors (Lipinski definition) is 4. The second-order valence-electron chi connectivity index (χ2n) is 8.81. The van der Waals surface area contributed by atoms with Crippen molar-refractivity contribution in [3.05, 3.63) is 0 Å². The Morgan fingerprint density at radius 2 is 1.42 bits per heavy atom. The molecule has 1 atom stereocenters. The quantitative estimate of drug-likeness (QED) is 0.237. The van der Waals surface area contributed by atoms with Gasteiger partial charge in [-0.05, 0) is 12.8 Å². The Morgan fingerprint density at radius 3 is 2.03 bits per heavy atom. The molecule has 1 heterocycles. The van der Waals surface area contributed by atoms with Crippen molar-refractivity contribution >= 4 is 17.8 Å². The molecule has 0 radical (unpaired) electrons. The molecule has 0 aromatic heterocycles. The molecule has 0 bridgehead atoms. The van der Waals surface area contributed by atoms with Gasteiger partial charge < -0.3 is 15.0 Å². The third-order valence-corrected chi connectivity index (χ3v) is 6.02. The van der Waals surface area contributed by atoms with E-state index in [-0.39, 0.29) is 24.2 Å². The summed E-state index contributed by atoms with van der Waals surface area (Å²) < 4.78 is 5.35. The summed E-state index contributed by atoms with van der Waals surface area (Å²) in [6.45, 7) is 5.68. The van der Waals surface area contributed by atoms with E-state index in [2.05, 4.69) is 19.2 Å². The summed E-state index contributed by atoms with van der Waals surface area (Å²) in [6, 6.07) is -0.729. The minimum absolute atomic E-state index is 0.0292. The predicted octanol–water partition coefficient (Wildman–Crippen LogP) is 5.14. The fraction of sp³-hybridized carbons (Fsp3) is 0.880. The van der Waals surface area contributed by atoms with Crippen LogP contribution in [0.1, 0.15) is 117 Å². The molecule has 31 heavy (non-hydrogen) atoms. The Balaban J connectivity index is 2.19. The minimum Gasteiger partial charge on any atom is -0.466 e. The average Bonchev–Trinajstić information content (AvgIpc) is 2.76. The highest BCUT2D eigenvalue weighted by molar-refractivity contribution is 5.91. The van der Waals surface area contributed by atoms with E-state index >= 15 is 0 Å². The van der Waals surface area contributed by atoms with Crippen molar-refractivity contribution in [2.45, 2.75) is 123 Å². The molecule has 0 aromatic rings. The number of rotatable bonds is 18. The maximum atomic E-state index is 12.6. The lowest BCUT2D eigenvalue weighted by molar-refractivity contribution is -0.152. The summed E-state index contributed by atoms with van der Waals surface area (Å²) in [7, 11) is 0. The van der Waals surface area contributed by atoms with E-state index < -0.39 is 6.04 Å². The van der Waals surface area contributed by atoms with E-state index in [1.807, 2.05) is 0 Å². The first-order chi connectivity index (χ1) is 15.1. The van der Waals surface area contributed by atoms with Crippen molar-refractivity contribution in [2.75, 3.05) is 19.7 Å². The van der Waals surface area contributed by atoms with Crippen molar-refractivity contribution < 1.29 is 19.1 Å². The molecule has 0 aliphatic carbocycles. The zero-order valence-corrected chi connectivity index (χ0v) is 20.1. The van der Waals surface area contributed by atoms with Gasteiger partial charge in [-0.2, -0.15) is 0 Å². The molecule has 1 rings (SSSR count). The van der Waals surface area contributed by atoms with E-state index in [0.29, 0.717) is 26.1 Å². The smallest absolute Gasteiger partial charge is 0.308 e. The Labute approximate surface area is 189 Å². The van der Waals surface area contributed by atoms with Crippen molar-refractivity contribution in [3.8, 4) is 0 Å². The van der Waals surface area contributed by atoms with Crippen LogP contribution in [0.2, 0.25) is 0 Å². The molecular weight excluding hydrogens is 392 g/mol. The summed E-state index contributed by atoms with van der Waals surface area (Å²) >= 11 is 0. The third kappa shape index (κ3) is 12.8. The number of ether oxygens (including phenoxy) is 1. The van der Waals surface area contributed by atoms with Crippen LogP contribution in [-0.4, -0.2) is 48.4 Å². The summed E-state index contributed by atoms with van der Waals surface area (Å²) in [5.74, 6) is -0.663. The second-order valence-corrected chi connectivity index (χ2v) is 8.81. The fourth-order valence-electron chi connectivity index (χ4n) is 4.06. The molecule has 0 aromatic carbocycles. The zero-order chi connectivity index (χ0) is 22.7. The zero-order valence-electron chi connectivity index (χ0n) is 20.1. The number of nitrogens with one attached hydrogen (secondary N) is 1. The number of carbonyl (C=O) groups excluding carboxylic acids is 3. The van der Waals surface area contributed by atoms with Crippen LogP contribution in [0.3, 0.4) is 0 Å². The Hall–Kier alpha value is -1.59. The molecule has 1 aliphatic heterocycles. The number of amides is 2. The van der Waals surface area contributed by atoms with Crippen LogP contribution in [-0.2, 0) is 19.1 Å². The van der Waals surface area contributed by atoms with Gasteiger partial charge in [0.25, 0.3) is 0 Å². The number of unbranched alkanes of at least 4 members (excludes halogenated alkanes) is 12. The fourth-order valence-corrected chi connectivity index (χ4v) is 4.06. The highest BCUT2D eigenvalue weighted by Crippen LogP contribution is 2.15. The summed E-state index contributed by atoms with van der Waals surface area (Å²) in [5, 5.41) is 2.77. The normalized spacial score (nSPS) is 16.3. The van der Waals surface area contributed by atoms with Gasteiger partial charge in [-0.15, -0.1) is 0 Å². The first-order valence-electron chi connectivity index (χ1n) is 12.8. The summed E-state index contributed by atoms with van der Waals surface area (Å²) in [5.41, 5.74) is 0. The summed E-state index contributed by atoms with van der Waals surface area (Å²) in [6.07, 6.45) is 16.8. The van der Waals surface area contributed by atoms with Gasteiger partial charge >= 0.3 is 5.97 Å². The van der Waals surface area contributed by atoms with Crippen LogP contribution >= 0.6 is 0 Å². The number of hydrogen-bond donors (Lipinski definition) is 1. The number of piperazine rings is 1. The van der Waals surface area contributed by atoms with E-state index in [0.717, 1.165) is 38.5 Å². The lowest BCUT2D eigenvalue weighted by atomic mass is 10.1. The molecule has 1 fully saturated rings. The average molecular weight is 439 g/mol. The largest absolute Gasteiger partial charge is 0.466 e.